The fraction of sp³-hybridized carbons (Fsp3) is 0.269. The number of ketones is 1. The first-order valence-corrected chi connectivity index (χ1v) is 11.2. The van der Waals surface area contributed by atoms with Crippen LogP contribution in [0.3, 0.4) is 0 Å². The van der Waals surface area contributed by atoms with E-state index in [1.54, 1.807) is 30.5 Å². The third kappa shape index (κ3) is 4.84. The zero-order valence-corrected chi connectivity index (χ0v) is 19.3. The van der Waals surface area contributed by atoms with Crippen LogP contribution in [0.5, 0.6) is 5.88 Å². The van der Waals surface area contributed by atoms with Crippen molar-refractivity contribution in [2.75, 3.05) is 27.2 Å². The highest BCUT2D eigenvalue weighted by atomic mass is 16.5. The van der Waals surface area contributed by atoms with Crippen molar-refractivity contribution in [1.29, 1.82) is 5.41 Å². The average molecular weight is 460 g/mol. The number of nitrogens with one attached hydrogen (secondary N) is 2. The molecule has 0 aliphatic heterocycles. The largest absolute Gasteiger partial charge is 0.494 e. The zero-order valence-electron chi connectivity index (χ0n) is 19.3. The second-order valence-electron chi connectivity index (χ2n) is 8.52. The highest BCUT2D eigenvalue weighted by Gasteiger charge is 2.34. The number of hydrogen-bond donors (Lipinski definition) is 4. The van der Waals surface area contributed by atoms with E-state index in [0.717, 1.165) is 30.6 Å². The molecule has 0 spiro atoms. The molecule has 8 heteroatoms. The van der Waals surface area contributed by atoms with Gasteiger partial charge in [0.1, 0.15) is 6.23 Å². The Morgan fingerprint density at radius 3 is 2.56 bits per heavy atom. The third-order valence-electron chi connectivity index (χ3n) is 5.77. The smallest absolute Gasteiger partial charge is 0.199 e. The van der Waals surface area contributed by atoms with E-state index in [1.807, 2.05) is 38.4 Å². The number of aromatic nitrogens is 1. The van der Waals surface area contributed by atoms with Gasteiger partial charge in [-0.1, -0.05) is 36.4 Å². The molecule has 5 N–H and O–H groups in total. The summed E-state index contributed by atoms with van der Waals surface area (Å²) < 4.78 is 5.57. The van der Waals surface area contributed by atoms with E-state index in [4.69, 9.17) is 15.9 Å². The van der Waals surface area contributed by atoms with Crippen molar-refractivity contribution >= 4 is 23.4 Å². The second kappa shape index (κ2) is 10.1. The number of carbonyl (C=O) groups is 1. The quantitative estimate of drug-likeness (QED) is 0.224. The number of aliphatic imine (C=N–C) groups is 1. The maximum Gasteiger partial charge on any atom is 0.199 e. The topological polar surface area (TPSA) is 128 Å². The first-order chi connectivity index (χ1) is 16.4. The van der Waals surface area contributed by atoms with Crippen molar-refractivity contribution in [2.24, 2.45) is 10.7 Å². The van der Waals surface area contributed by atoms with Crippen LogP contribution < -0.4 is 5.73 Å². The molecule has 1 aromatic heterocycles. The fourth-order valence-corrected chi connectivity index (χ4v) is 4.06. The predicted octanol–water partition coefficient (Wildman–Crippen LogP) is 3.69. The normalized spacial score (nSPS) is 14.0. The predicted molar refractivity (Wildman–Crippen MR) is 134 cm³/mol. The van der Waals surface area contributed by atoms with E-state index in [9.17, 15) is 9.90 Å². The van der Waals surface area contributed by atoms with Crippen LogP contribution in [0.4, 0.5) is 5.69 Å². The molecular weight excluding hydrogens is 430 g/mol. The number of H-pyrrole nitrogens is 1. The Labute approximate surface area is 198 Å². The number of aromatic amines is 1. The Hall–Kier alpha value is -3.59. The summed E-state index contributed by atoms with van der Waals surface area (Å²) in [6, 6.07) is 14.3. The summed E-state index contributed by atoms with van der Waals surface area (Å²) in [6.45, 7) is 1.29. The lowest BCUT2D eigenvalue weighted by Gasteiger charge is -2.17. The van der Waals surface area contributed by atoms with Crippen molar-refractivity contribution in [1.82, 2.24) is 9.88 Å². The van der Waals surface area contributed by atoms with Crippen LogP contribution in [0.2, 0.25) is 0 Å². The van der Waals surface area contributed by atoms with Crippen LogP contribution in [0.1, 0.15) is 39.9 Å². The number of nitrogens with two attached hydrogens (primary N) is 1. The van der Waals surface area contributed by atoms with Gasteiger partial charge in [0.2, 0.25) is 0 Å². The zero-order chi connectivity index (χ0) is 24.2. The van der Waals surface area contributed by atoms with Gasteiger partial charge in [0, 0.05) is 17.3 Å². The molecule has 1 aliphatic rings. The first kappa shape index (κ1) is 23.6. The van der Waals surface area contributed by atoms with Crippen LogP contribution in [0.25, 0.3) is 11.3 Å². The van der Waals surface area contributed by atoms with Gasteiger partial charge < -0.3 is 25.5 Å². The Morgan fingerprint density at radius 2 is 1.85 bits per heavy atom. The number of carbonyl (C=O) groups excluding carboxylic acids is 1. The number of aromatic hydroxyl groups is 1. The SMILES string of the molecule is CN(C)CCCC(N)OCC=Nc1ccc(-c2[nH]c(O)c3c2C(=O)c2ccccc2C3=N)cc1. The van der Waals surface area contributed by atoms with Crippen molar-refractivity contribution in [3.05, 3.63) is 70.8 Å². The van der Waals surface area contributed by atoms with E-state index in [1.165, 1.54) is 0 Å². The maximum absolute atomic E-state index is 13.2. The van der Waals surface area contributed by atoms with Crippen molar-refractivity contribution in [3.8, 4) is 17.1 Å². The summed E-state index contributed by atoms with van der Waals surface area (Å²) in [6.07, 6.45) is 3.11. The van der Waals surface area contributed by atoms with Crippen LogP contribution in [0.15, 0.2) is 53.5 Å². The average Bonchev–Trinajstić information content (AvgIpc) is 3.18. The highest BCUT2D eigenvalue weighted by molar-refractivity contribution is 6.31. The molecule has 0 saturated carbocycles. The van der Waals surface area contributed by atoms with Gasteiger partial charge in [-0.05, 0) is 51.2 Å². The standard InChI is InChI=1S/C26H29N5O3/c1-31(2)14-5-8-20(27)34-15-13-29-17-11-9-16(10-12-17)24-22-21(26(33)30-24)23(28)18-6-3-4-7-19(18)25(22)32/h3-4,6-7,9-13,20,28,30,33H,5,8,14-15,27H2,1-2H3. The van der Waals surface area contributed by atoms with Gasteiger partial charge in [-0.2, -0.15) is 0 Å². The molecule has 1 atom stereocenters. The van der Waals surface area contributed by atoms with Crippen LogP contribution in [0, 0.1) is 5.41 Å². The third-order valence-corrected chi connectivity index (χ3v) is 5.77. The molecule has 1 unspecified atom stereocenters. The number of fused-ring (bicyclic) bond motifs is 2. The minimum absolute atomic E-state index is 0.131. The Bertz CT molecular complexity index is 1230. The molecule has 1 heterocycles. The molecule has 176 valence electrons. The molecule has 3 aromatic rings. The van der Waals surface area contributed by atoms with Gasteiger partial charge in [-0.25, -0.2) is 0 Å². The maximum atomic E-state index is 13.2. The highest BCUT2D eigenvalue weighted by Crippen LogP contribution is 2.39. The molecule has 34 heavy (non-hydrogen) atoms. The summed E-state index contributed by atoms with van der Waals surface area (Å²) in [5.74, 6) is -0.395. The van der Waals surface area contributed by atoms with Gasteiger partial charge in [-0.15, -0.1) is 0 Å². The molecule has 0 amide bonds. The summed E-state index contributed by atoms with van der Waals surface area (Å²) in [5.41, 5.74) is 9.55. The van der Waals surface area contributed by atoms with Crippen LogP contribution in [-0.2, 0) is 4.74 Å². The van der Waals surface area contributed by atoms with Crippen molar-refractivity contribution < 1.29 is 14.6 Å². The lowest BCUT2D eigenvalue weighted by molar-refractivity contribution is 0.0785. The van der Waals surface area contributed by atoms with Crippen LogP contribution >= 0.6 is 0 Å². The Kier molecular flexibility index (Phi) is 7.02. The Balaban J connectivity index is 1.45. The lowest BCUT2D eigenvalue weighted by atomic mass is 9.84. The number of rotatable bonds is 9. The molecule has 4 rings (SSSR count). The van der Waals surface area contributed by atoms with E-state index >= 15 is 0 Å². The second-order valence-corrected chi connectivity index (χ2v) is 8.52. The molecule has 0 radical (unpaired) electrons. The molecule has 2 aromatic carbocycles. The van der Waals surface area contributed by atoms with Crippen molar-refractivity contribution in [2.45, 2.75) is 19.1 Å². The van der Waals surface area contributed by atoms with Crippen molar-refractivity contribution in [3.63, 3.8) is 0 Å². The summed E-state index contributed by atoms with van der Waals surface area (Å²) in [4.78, 5) is 22.6. The molecule has 0 fully saturated rings. The van der Waals surface area contributed by atoms with E-state index in [2.05, 4.69) is 14.9 Å². The van der Waals surface area contributed by atoms with Gasteiger partial charge in [-0.3, -0.25) is 15.2 Å². The van der Waals surface area contributed by atoms with Gasteiger partial charge in [0.15, 0.2) is 11.7 Å². The van der Waals surface area contributed by atoms with Gasteiger partial charge >= 0.3 is 0 Å². The minimum atomic E-state index is -0.318. The summed E-state index contributed by atoms with van der Waals surface area (Å²) in [7, 11) is 4.05. The van der Waals surface area contributed by atoms with E-state index in [-0.39, 0.29) is 29.2 Å². The number of ether oxygens (including phenoxy) is 1. The molecule has 0 bridgehead atoms. The van der Waals surface area contributed by atoms with E-state index < -0.39 is 0 Å². The fourth-order valence-electron chi connectivity index (χ4n) is 4.06. The molecule has 8 nitrogen and oxygen atoms in total. The Morgan fingerprint density at radius 1 is 1.15 bits per heavy atom. The number of benzene rings is 2. The van der Waals surface area contributed by atoms with Gasteiger partial charge in [0.25, 0.3) is 0 Å². The molecule has 1 aliphatic carbocycles. The van der Waals surface area contributed by atoms with Gasteiger partial charge in [0.05, 0.1) is 34.8 Å². The summed E-state index contributed by atoms with van der Waals surface area (Å²) in [5, 5.41) is 19.0. The first-order valence-electron chi connectivity index (χ1n) is 11.2. The number of nitrogens with zero attached hydrogens (tertiary/aromatic N) is 2. The molecule has 0 saturated heterocycles. The number of hydrogen-bond acceptors (Lipinski definition) is 7. The monoisotopic (exact) mass is 459 g/mol. The van der Waals surface area contributed by atoms with Crippen LogP contribution in [-0.4, -0.2) is 66.2 Å². The lowest BCUT2D eigenvalue weighted by Crippen LogP contribution is -2.26. The molecular formula is C26H29N5O3. The summed E-state index contributed by atoms with van der Waals surface area (Å²) >= 11 is 0. The minimum Gasteiger partial charge on any atom is -0.494 e. The van der Waals surface area contributed by atoms with E-state index in [0.29, 0.717) is 29.0 Å².